The molecule has 0 saturated carbocycles. The molecular weight excluding hydrogens is 220 g/mol. The number of hydrogen-bond donors (Lipinski definition) is 1. The van der Waals surface area contributed by atoms with Gasteiger partial charge in [0.05, 0.1) is 12.7 Å². The van der Waals surface area contributed by atoms with Crippen molar-refractivity contribution in [3.8, 4) is 23.5 Å². The predicted octanol–water partition coefficient (Wildman–Crippen LogP) is 0.396. The normalized spacial score (nSPS) is 9.65. The van der Waals surface area contributed by atoms with Crippen molar-refractivity contribution in [3.05, 3.63) is 24.0 Å². The van der Waals surface area contributed by atoms with E-state index in [4.69, 9.17) is 15.7 Å². The number of nitrogen functional groups attached to an aromatic ring is 1. The Morgan fingerprint density at radius 3 is 2.82 bits per heavy atom. The van der Waals surface area contributed by atoms with Crippen molar-refractivity contribution in [2.45, 2.75) is 0 Å². The van der Waals surface area contributed by atoms with Crippen LogP contribution in [0.15, 0.2) is 18.5 Å². The van der Waals surface area contributed by atoms with E-state index in [1.807, 2.05) is 6.07 Å². The Kier molecular flexibility index (Phi) is 2.79. The minimum absolute atomic E-state index is 0.0502. The number of rotatable bonds is 2. The van der Waals surface area contributed by atoms with Crippen LogP contribution in [0.2, 0.25) is 0 Å². The molecule has 2 N–H and O–H groups in total. The Labute approximate surface area is 96.9 Å². The SMILES string of the molecule is COc1nc(N)nc(-c2cncc(C#N)c2)n1. The first-order valence-corrected chi connectivity index (χ1v) is 4.64. The Morgan fingerprint density at radius 1 is 1.29 bits per heavy atom. The Bertz CT molecular complexity index is 592. The van der Waals surface area contributed by atoms with Crippen LogP contribution in [0.4, 0.5) is 5.95 Å². The summed E-state index contributed by atoms with van der Waals surface area (Å²) < 4.78 is 4.89. The fraction of sp³-hybridized carbons (Fsp3) is 0.100. The molecule has 0 radical (unpaired) electrons. The van der Waals surface area contributed by atoms with Crippen LogP contribution < -0.4 is 10.5 Å². The highest BCUT2D eigenvalue weighted by Gasteiger charge is 2.08. The van der Waals surface area contributed by atoms with Crippen molar-refractivity contribution >= 4 is 5.95 Å². The second-order valence-corrected chi connectivity index (χ2v) is 3.08. The van der Waals surface area contributed by atoms with E-state index in [2.05, 4.69) is 19.9 Å². The first kappa shape index (κ1) is 10.8. The summed E-state index contributed by atoms with van der Waals surface area (Å²) in [5, 5.41) is 8.77. The topological polar surface area (TPSA) is 111 Å². The van der Waals surface area contributed by atoms with Crippen LogP contribution in [-0.4, -0.2) is 27.0 Å². The molecule has 0 aliphatic rings. The summed E-state index contributed by atoms with van der Waals surface area (Å²) in [5.41, 5.74) is 6.51. The van der Waals surface area contributed by atoms with Gasteiger partial charge in [-0.25, -0.2) is 0 Å². The minimum Gasteiger partial charge on any atom is -0.467 e. The number of hydrogen-bond acceptors (Lipinski definition) is 7. The van der Waals surface area contributed by atoms with Crippen LogP contribution in [0.25, 0.3) is 11.4 Å². The number of anilines is 1. The van der Waals surface area contributed by atoms with Crippen molar-refractivity contribution in [2.24, 2.45) is 0 Å². The highest BCUT2D eigenvalue weighted by molar-refractivity contribution is 5.57. The molecule has 0 spiro atoms. The summed E-state index contributed by atoms with van der Waals surface area (Å²) in [6.45, 7) is 0. The average Bonchev–Trinajstić information content (AvgIpc) is 2.38. The lowest BCUT2D eigenvalue weighted by atomic mass is 10.2. The van der Waals surface area contributed by atoms with E-state index < -0.39 is 0 Å². The molecule has 7 heteroatoms. The van der Waals surface area contributed by atoms with Crippen LogP contribution in [0.3, 0.4) is 0 Å². The fourth-order valence-corrected chi connectivity index (χ4v) is 1.22. The van der Waals surface area contributed by atoms with Crippen molar-refractivity contribution in [3.63, 3.8) is 0 Å². The van der Waals surface area contributed by atoms with Gasteiger partial charge in [-0.1, -0.05) is 0 Å². The third kappa shape index (κ3) is 2.26. The second-order valence-electron chi connectivity index (χ2n) is 3.08. The van der Waals surface area contributed by atoms with Gasteiger partial charge in [0.25, 0.3) is 0 Å². The summed E-state index contributed by atoms with van der Waals surface area (Å²) in [6.07, 6.45) is 2.99. The third-order valence-corrected chi connectivity index (χ3v) is 1.94. The second kappa shape index (κ2) is 4.40. The van der Waals surface area contributed by atoms with E-state index in [1.54, 1.807) is 6.07 Å². The summed E-state index contributed by atoms with van der Waals surface area (Å²) >= 11 is 0. The van der Waals surface area contributed by atoms with Gasteiger partial charge < -0.3 is 10.5 Å². The van der Waals surface area contributed by atoms with Crippen LogP contribution in [0.1, 0.15) is 5.56 Å². The van der Waals surface area contributed by atoms with Crippen molar-refractivity contribution in [1.29, 1.82) is 5.26 Å². The molecule has 84 valence electrons. The molecule has 7 nitrogen and oxygen atoms in total. The molecule has 0 aliphatic heterocycles. The predicted molar refractivity (Wildman–Crippen MR) is 58.7 cm³/mol. The van der Waals surface area contributed by atoms with Crippen LogP contribution >= 0.6 is 0 Å². The maximum absolute atomic E-state index is 8.77. The van der Waals surface area contributed by atoms with Crippen molar-refractivity contribution < 1.29 is 4.74 Å². The lowest BCUT2D eigenvalue weighted by Crippen LogP contribution is -2.02. The van der Waals surface area contributed by atoms with Crippen LogP contribution in [0, 0.1) is 11.3 Å². The van der Waals surface area contributed by atoms with E-state index in [-0.39, 0.29) is 12.0 Å². The van der Waals surface area contributed by atoms with Gasteiger partial charge in [-0.15, -0.1) is 0 Å². The van der Waals surface area contributed by atoms with Gasteiger partial charge in [0, 0.05) is 18.0 Å². The van der Waals surface area contributed by atoms with Gasteiger partial charge >= 0.3 is 6.01 Å². The smallest absolute Gasteiger partial charge is 0.321 e. The molecular formula is C10H8N6O. The van der Waals surface area contributed by atoms with Gasteiger partial charge in [-0.2, -0.15) is 20.2 Å². The highest BCUT2D eigenvalue weighted by atomic mass is 16.5. The summed E-state index contributed by atoms with van der Waals surface area (Å²) in [6, 6.07) is 3.72. The number of methoxy groups -OCH3 is 1. The Hall–Kier alpha value is -2.75. The summed E-state index contributed by atoms with van der Waals surface area (Å²) in [5.74, 6) is 0.369. The average molecular weight is 228 g/mol. The Morgan fingerprint density at radius 2 is 2.12 bits per heavy atom. The molecule has 0 aromatic carbocycles. The van der Waals surface area contributed by atoms with Crippen molar-refractivity contribution in [2.75, 3.05) is 12.8 Å². The van der Waals surface area contributed by atoms with Gasteiger partial charge in [-0.05, 0) is 6.07 Å². The lowest BCUT2D eigenvalue weighted by Gasteiger charge is -2.03. The number of nitriles is 1. The van der Waals surface area contributed by atoms with E-state index in [0.29, 0.717) is 17.0 Å². The van der Waals surface area contributed by atoms with Crippen molar-refractivity contribution in [1.82, 2.24) is 19.9 Å². The largest absolute Gasteiger partial charge is 0.467 e. The summed E-state index contributed by atoms with van der Waals surface area (Å²) in [4.78, 5) is 15.7. The van der Waals surface area contributed by atoms with Crippen LogP contribution in [-0.2, 0) is 0 Å². The van der Waals surface area contributed by atoms with Gasteiger partial charge in [0.15, 0.2) is 5.82 Å². The molecule has 2 heterocycles. The minimum atomic E-state index is 0.0502. The maximum Gasteiger partial charge on any atom is 0.321 e. The molecule has 2 aromatic heterocycles. The molecule has 0 unspecified atom stereocenters. The number of nitrogens with two attached hydrogens (primary N) is 1. The molecule has 0 atom stereocenters. The van der Waals surface area contributed by atoms with Gasteiger partial charge in [0.1, 0.15) is 6.07 Å². The molecule has 0 amide bonds. The first-order chi connectivity index (χ1) is 8.22. The van der Waals surface area contributed by atoms with Crippen LogP contribution in [0.5, 0.6) is 6.01 Å². The first-order valence-electron chi connectivity index (χ1n) is 4.64. The molecule has 0 bridgehead atoms. The monoisotopic (exact) mass is 228 g/mol. The Balaban J connectivity index is 2.52. The third-order valence-electron chi connectivity index (χ3n) is 1.94. The van der Waals surface area contributed by atoms with Gasteiger partial charge in [-0.3, -0.25) is 4.98 Å². The molecule has 2 rings (SSSR count). The molecule has 2 aromatic rings. The zero-order valence-electron chi connectivity index (χ0n) is 8.95. The molecule has 0 aliphatic carbocycles. The lowest BCUT2D eigenvalue weighted by molar-refractivity contribution is 0.379. The highest BCUT2D eigenvalue weighted by Crippen LogP contribution is 2.17. The number of ether oxygens (including phenoxy) is 1. The number of nitrogens with zero attached hydrogens (tertiary/aromatic N) is 5. The van der Waals surface area contributed by atoms with E-state index >= 15 is 0 Å². The fourth-order valence-electron chi connectivity index (χ4n) is 1.22. The number of aromatic nitrogens is 4. The maximum atomic E-state index is 8.77. The quantitative estimate of drug-likeness (QED) is 0.791. The standard InChI is InChI=1S/C10H8N6O/c1-17-10-15-8(14-9(12)16-10)7-2-6(3-11)4-13-5-7/h2,4-5H,1H3,(H2,12,14,15,16). The van der Waals surface area contributed by atoms with E-state index in [0.717, 1.165) is 0 Å². The molecule has 0 fully saturated rings. The molecule has 17 heavy (non-hydrogen) atoms. The van der Waals surface area contributed by atoms with Gasteiger partial charge in [0.2, 0.25) is 5.95 Å². The van der Waals surface area contributed by atoms with E-state index in [9.17, 15) is 0 Å². The number of pyridine rings is 1. The summed E-state index contributed by atoms with van der Waals surface area (Å²) in [7, 11) is 1.43. The zero-order chi connectivity index (χ0) is 12.3. The van der Waals surface area contributed by atoms with E-state index in [1.165, 1.54) is 19.5 Å². The molecule has 0 saturated heterocycles. The zero-order valence-corrected chi connectivity index (χ0v) is 8.95.